The molecule has 0 heterocycles. The Labute approximate surface area is 40.0 Å². The van der Waals surface area contributed by atoms with Gasteiger partial charge in [0.2, 0.25) is 0 Å². The van der Waals surface area contributed by atoms with Gasteiger partial charge in [-0.05, 0) is 6.85 Å². The molecule has 0 rings (SSSR count). The predicted octanol–water partition coefficient (Wildman–Crippen LogP) is 1.23. The number of carbonyl (C=O) groups excluding carboxylic acids is 1. The molecule has 0 aromatic carbocycles. The van der Waals surface area contributed by atoms with Gasteiger partial charge in [-0.1, -0.05) is 13.8 Å². The lowest BCUT2D eigenvalue weighted by Crippen LogP contribution is -1.36. The van der Waals surface area contributed by atoms with Crippen LogP contribution in [-0.2, 0) is 4.79 Å². The molecule has 1 heteroatoms. The maximum absolute atomic E-state index is 9.57. The number of rotatable bonds is 0. The Hall–Kier alpha value is -0.330. The molecule has 5 heavy (non-hydrogen) atoms. The smallest absolute Gasteiger partial charge is 0.116 e. The Morgan fingerprint density at radius 2 is 2.40 bits per heavy atom. The summed E-state index contributed by atoms with van der Waals surface area (Å²) in [6, 6.07) is 0. The molecule has 0 aromatic heterocycles. The second kappa shape index (κ2) is 58.3. The minimum atomic E-state index is -2.72. The summed E-state index contributed by atoms with van der Waals surface area (Å²) < 4.78 is 30.8. The van der Waals surface area contributed by atoms with E-state index in [2.05, 4.69) is 0 Å². The molecule has 0 fully saturated rings. The second-order valence-electron chi connectivity index (χ2n) is 0.102. The third-order valence-electron chi connectivity index (χ3n) is 0. The lowest BCUT2D eigenvalue weighted by Gasteiger charge is -1.23. The highest BCUT2D eigenvalue weighted by Crippen LogP contribution is 1.14. The summed E-state index contributed by atoms with van der Waals surface area (Å²) in [5.74, 6) is 0. The Morgan fingerprint density at radius 3 is 2.40 bits per heavy atom. The molecular weight excluding hydrogens is 64.0 g/mol. The van der Waals surface area contributed by atoms with Crippen LogP contribution in [0, 0.1) is 0 Å². The topological polar surface area (TPSA) is 17.1 Å². The molecule has 0 atom stereocenters. The zero-order valence-electron chi connectivity index (χ0n) is 8.12. The summed E-state index contributed by atoms with van der Waals surface area (Å²) in [5.41, 5.74) is 0. The summed E-state index contributed by atoms with van der Waals surface area (Å²) in [6.07, 6.45) is -1.51. The summed E-state index contributed by atoms with van der Waals surface area (Å²) in [7, 11) is 0. The van der Waals surface area contributed by atoms with Crippen molar-refractivity contribution in [3.63, 3.8) is 0 Å². The monoisotopic (exact) mass is 79.1 g/mol. The fourth-order valence-corrected chi connectivity index (χ4v) is 0. The number of hydrogen-bond donors (Lipinski definition) is 0. The van der Waals surface area contributed by atoms with Crippen molar-refractivity contribution in [2.45, 2.75) is 20.7 Å². The molecule has 0 aromatic rings. The predicted molar refractivity (Wildman–Crippen MR) is 23.1 cm³/mol. The first-order valence-corrected chi connectivity index (χ1v) is 1.16. The van der Waals surface area contributed by atoms with Crippen LogP contribution in [0.3, 0.4) is 0 Å². The van der Waals surface area contributed by atoms with E-state index in [0.717, 1.165) is 0 Å². The van der Waals surface area contributed by atoms with Crippen molar-refractivity contribution in [1.82, 2.24) is 0 Å². The fourth-order valence-electron chi connectivity index (χ4n) is 0. The highest BCUT2D eigenvalue weighted by Gasteiger charge is 1.24. The van der Waals surface area contributed by atoms with Crippen molar-refractivity contribution in [3.8, 4) is 0 Å². The van der Waals surface area contributed by atoms with Gasteiger partial charge >= 0.3 is 0 Å². The average molecular weight is 79.2 g/mol. The van der Waals surface area contributed by atoms with Crippen LogP contribution in [0.25, 0.3) is 0 Å². The van der Waals surface area contributed by atoms with Gasteiger partial charge in [-0.15, -0.1) is 0 Å². The molecule has 0 bridgehead atoms. The van der Waals surface area contributed by atoms with E-state index in [-0.39, 0.29) is 0 Å². The quantitative estimate of drug-likeness (QED) is 0.399. The van der Waals surface area contributed by atoms with Crippen LogP contribution in [0.2, 0.25) is 0 Å². The van der Waals surface area contributed by atoms with Gasteiger partial charge in [-0.3, -0.25) is 0 Å². The lowest BCUT2D eigenvalue weighted by atomic mass is 11.0. The van der Waals surface area contributed by atoms with E-state index in [1.807, 2.05) is 0 Å². The van der Waals surface area contributed by atoms with Crippen molar-refractivity contribution < 1.29 is 11.6 Å². The molecule has 0 aliphatic heterocycles. The minimum Gasteiger partial charge on any atom is -0.304 e. The minimum absolute atomic E-state index is 0.500. The molecule has 0 spiro atoms. The first kappa shape index (κ1) is 1.07. The van der Waals surface area contributed by atoms with Gasteiger partial charge in [0, 0.05) is 5.48 Å². The number of aldehydes is 1. The molecule has 0 N–H and O–H groups in total. The Morgan fingerprint density at radius 1 is 2.20 bits per heavy atom. The highest BCUT2D eigenvalue weighted by molar-refractivity contribution is 5.44. The second-order valence-corrected chi connectivity index (χ2v) is 0.102. The molecular formula is C4H10O. The van der Waals surface area contributed by atoms with Crippen LogP contribution >= 0.6 is 0 Å². The van der Waals surface area contributed by atoms with Crippen molar-refractivity contribution >= 4 is 6.26 Å². The molecule has 0 radical (unpaired) electrons. The van der Waals surface area contributed by atoms with E-state index in [4.69, 9.17) is 6.85 Å². The maximum Gasteiger partial charge on any atom is 0.116 e. The molecule has 0 saturated heterocycles. The first-order chi connectivity index (χ1) is 4.36. The van der Waals surface area contributed by atoms with Gasteiger partial charge in [0.1, 0.15) is 7.63 Å². The van der Waals surface area contributed by atoms with E-state index in [9.17, 15) is 4.79 Å². The third-order valence-corrected chi connectivity index (χ3v) is 0. The van der Waals surface area contributed by atoms with E-state index >= 15 is 0 Å². The molecule has 0 amide bonds. The van der Waals surface area contributed by atoms with Gasteiger partial charge in [0.15, 0.2) is 0 Å². The van der Waals surface area contributed by atoms with Crippen LogP contribution < -0.4 is 0 Å². The largest absolute Gasteiger partial charge is 0.304 e. The zero-order chi connectivity index (χ0) is 8.78. The van der Waals surface area contributed by atoms with Crippen LogP contribution in [-0.4, -0.2) is 6.26 Å². The fraction of sp³-hybridized carbons (Fsp3) is 0.750. The molecule has 1 nitrogen and oxygen atoms in total. The zero-order valence-corrected chi connectivity index (χ0v) is 3.12. The van der Waals surface area contributed by atoms with Crippen LogP contribution in [0.4, 0.5) is 0 Å². The molecule has 0 aliphatic carbocycles. The van der Waals surface area contributed by atoms with E-state index in [1.165, 1.54) is 0 Å². The van der Waals surface area contributed by atoms with Gasteiger partial charge < -0.3 is 4.79 Å². The number of carbonyl (C=O) groups is 1. The standard InChI is InChI=1S/C2H4O.C2H6/c1-2-3;1-2/h2H,1H3;1-2H3/i1D3,2D;1D. The summed E-state index contributed by atoms with van der Waals surface area (Å²) in [4.78, 5) is 9.57. The summed E-state index contributed by atoms with van der Waals surface area (Å²) in [5, 5.41) is 0. The van der Waals surface area contributed by atoms with Gasteiger partial charge in [-0.2, -0.15) is 0 Å². The Balaban J connectivity index is 0. The van der Waals surface area contributed by atoms with Gasteiger partial charge in [-0.25, -0.2) is 0 Å². The van der Waals surface area contributed by atoms with Crippen molar-refractivity contribution in [2.75, 3.05) is 0 Å². The molecule has 0 unspecified atom stereocenters. The van der Waals surface area contributed by atoms with Crippen LogP contribution in [0.1, 0.15) is 27.5 Å². The summed E-state index contributed by atoms with van der Waals surface area (Å²) >= 11 is 0. The van der Waals surface area contributed by atoms with Gasteiger partial charge in [0.25, 0.3) is 0 Å². The van der Waals surface area contributed by atoms with Crippen LogP contribution in [0.15, 0.2) is 0 Å². The average Bonchev–Trinajstić information content (AvgIpc) is 1.64. The van der Waals surface area contributed by atoms with Gasteiger partial charge in [0.05, 0.1) is 0 Å². The van der Waals surface area contributed by atoms with Crippen molar-refractivity contribution in [1.29, 1.82) is 0 Å². The normalized spacial score (nSPS) is 20.6. The third kappa shape index (κ3) is 94.0. The Kier molecular flexibility index (Phi) is 12.5. The highest BCUT2D eigenvalue weighted by atomic mass is 16.1. The summed E-state index contributed by atoms with van der Waals surface area (Å²) in [6.45, 7) is -0.431. The maximum atomic E-state index is 9.57. The van der Waals surface area contributed by atoms with Crippen LogP contribution in [0.5, 0.6) is 0 Å². The van der Waals surface area contributed by atoms with E-state index in [1.54, 1.807) is 6.92 Å². The first-order valence-electron chi connectivity index (χ1n) is 3.87. The van der Waals surface area contributed by atoms with E-state index in [0.29, 0.717) is 6.90 Å². The Bertz CT molecular complexity index is 96.3. The molecule has 0 aliphatic rings. The number of hydrogen-bond acceptors (Lipinski definition) is 1. The molecule has 32 valence electrons. The lowest BCUT2D eigenvalue weighted by molar-refractivity contribution is -0.106. The molecule has 0 saturated carbocycles. The SMILES string of the molecule is [2H]C(=O)C([2H])([2H])[2H].[2H]CC. The van der Waals surface area contributed by atoms with Crippen molar-refractivity contribution in [2.24, 2.45) is 0 Å². The van der Waals surface area contributed by atoms with Crippen molar-refractivity contribution in [3.05, 3.63) is 0 Å². The van der Waals surface area contributed by atoms with E-state index < -0.39 is 13.1 Å².